The van der Waals surface area contributed by atoms with Gasteiger partial charge < -0.3 is 4.42 Å². The molecule has 0 unspecified atom stereocenters. The summed E-state index contributed by atoms with van der Waals surface area (Å²) in [6, 6.07) is 9.78. The first-order valence-corrected chi connectivity index (χ1v) is 5.61. The van der Waals surface area contributed by atoms with E-state index in [2.05, 4.69) is 22.6 Å². The van der Waals surface area contributed by atoms with Crippen molar-refractivity contribution in [1.82, 2.24) is 0 Å². The molecule has 0 fully saturated rings. The maximum absolute atomic E-state index is 10.8. The van der Waals surface area contributed by atoms with Crippen molar-refractivity contribution in [1.29, 1.82) is 0 Å². The Hall–Kier alpha value is -1.10. The Balaban J connectivity index is 2.60. The number of aldehydes is 1. The lowest BCUT2D eigenvalue weighted by atomic mass is 10.1. The fourth-order valence-electron chi connectivity index (χ4n) is 1.44. The minimum atomic E-state index is 0.648. The first-order valence-electron chi connectivity index (χ1n) is 4.53. The van der Waals surface area contributed by atoms with E-state index in [0.717, 1.165) is 21.2 Å². The van der Waals surface area contributed by atoms with Crippen molar-refractivity contribution in [3.05, 3.63) is 45.2 Å². The maximum atomic E-state index is 10.8. The number of aryl methyl sites for hydroxylation is 1. The summed E-state index contributed by atoms with van der Waals surface area (Å²) in [4.78, 5) is 10.8. The molecular formula is C12H9IO2. The highest BCUT2D eigenvalue weighted by Crippen LogP contribution is 2.31. The van der Waals surface area contributed by atoms with Crippen LogP contribution < -0.4 is 0 Å². The Morgan fingerprint density at radius 1 is 1.27 bits per heavy atom. The number of furan rings is 1. The largest absolute Gasteiger partial charge is 0.459 e. The predicted octanol–water partition coefficient (Wildman–Crippen LogP) is 3.67. The summed E-state index contributed by atoms with van der Waals surface area (Å²) >= 11 is 2.14. The molecule has 76 valence electrons. The Kier molecular flexibility index (Phi) is 2.90. The molecule has 0 aliphatic carbocycles. The number of hydrogen-bond acceptors (Lipinski definition) is 2. The first-order chi connectivity index (χ1) is 7.24. The zero-order chi connectivity index (χ0) is 10.8. The summed E-state index contributed by atoms with van der Waals surface area (Å²) in [7, 11) is 0. The highest BCUT2D eigenvalue weighted by molar-refractivity contribution is 14.1. The monoisotopic (exact) mass is 312 g/mol. The zero-order valence-electron chi connectivity index (χ0n) is 8.16. The summed E-state index contributed by atoms with van der Waals surface area (Å²) in [6.45, 7) is 1.80. The molecule has 0 spiro atoms. The number of benzene rings is 1. The van der Waals surface area contributed by atoms with Gasteiger partial charge in [0.25, 0.3) is 0 Å². The average Bonchev–Trinajstić information content (AvgIpc) is 2.55. The van der Waals surface area contributed by atoms with E-state index in [-0.39, 0.29) is 0 Å². The molecule has 0 bridgehead atoms. The van der Waals surface area contributed by atoms with Crippen LogP contribution in [0.4, 0.5) is 0 Å². The molecule has 2 aromatic rings. The average molecular weight is 312 g/mol. The molecule has 2 nitrogen and oxygen atoms in total. The molecule has 0 aliphatic heterocycles. The number of halogens is 1. The highest BCUT2D eigenvalue weighted by Gasteiger charge is 2.15. The number of carbonyl (C=O) groups excluding carboxylic acids is 1. The van der Waals surface area contributed by atoms with Crippen LogP contribution in [0, 0.1) is 10.5 Å². The van der Waals surface area contributed by atoms with Gasteiger partial charge in [-0.15, -0.1) is 0 Å². The van der Waals surface area contributed by atoms with E-state index in [0.29, 0.717) is 11.3 Å². The van der Waals surface area contributed by atoms with Crippen molar-refractivity contribution in [3.8, 4) is 11.3 Å². The second-order valence-electron chi connectivity index (χ2n) is 3.20. The van der Waals surface area contributed by atoms with Crippen LogP contribution in [-0.4, -0.2) is 6.29 Å². The third kappa shape index (κ3) is 1.84. The van der Waals surface area contributed by atoms with Gasteiger partial charge in [-0.2, -0.15) is 0 Å². The molecule has 3 heteroatoms. The summed E-state index contributed by atoms with van der Waals surface area (Å²) in [5.41, 5.74) is 1.65. The number of rotatable bonds is 2. The van der Waals surface area contributed by atoms with Gasteiger partial charge in [0.05, 0.1) is 9.13 Å². The minimum absolute atomic E-state index is 0.648. The van der Waals surface area contributed by atoms with Gasteiger partial charge in [0.1, 0.15) is 11.5 Å². The van der Waals surface area contributed by atoms with E-state index >= 15 is 0 Å². The Labute approximate surface area is 101 Å². The Morgan fingerprint density at radius 2 is 1.93 bits per heavy atom. The van der Waals surface area contributed by atoms with E-state index in [1.807, 2.05) is 30.3 Å². The molecule has 0 saturated carbocycles. The summed E-state index contributed by atoms with van der Waals surface area (Å²) in [5, 5.41) is 0. The van der Waals surface area contributed by atoms with Gasteiger partial charge in [-0.3, -0.25) is 4.79 Å². The Morgan fingerprint density at radius 3 is 2.47 bits per heavy atom. The van der Waals surface area contributed by atoms with Crippen molar-refractivity contribution in [2.75, 3.05) is 0 Å². The maximum Gasteiger partial charge on any atom is 0.154 e. The van der Waals surface area contributed by atoms with E-state index in [1.165, 1.54) is 0 Å². The SMILES string of the molecule is Cc1oc(-c2ccccc2)c(I)c1C=O. The van der Waals surface area contributed by atoms with Crippen molar-refractivity contribution in [2.45, 2.75) is 6.92 Å². The number of carbonyl (C=O) groups is 1. The van der Waals surface area contributed by atoms with Crippen LogP contribution in [0.3, 0.4) is 0 Å². The molecule has 0 atom stereocenters. The molecule has 1 aromatic heterocycles. The fraction of sp³-hybridized carbons (Fsp3) is 0.0833. The molecule has 0 radical (unpaired) electrons. The van der Waals surface area contributed by atoms with Gasteiger partial charge in [0, 0.05) is 5.56 Å². The van der Waals surface area contributed by atoms with Crippen molar-refractivity contribution >= 4 is 28.9 Å². The summed E-state index contributed by atoms with van der Waals surface area (Å²) in [6.07, 6.45) is 0.840. The third-order valence-corrected chi connectivity index (χ3v) is 3.30. The van der Waals surface area contributed by atoms with E-state index in [9.17, 15) is 4.79 Å². The summed E-state index contributed by atoms with van der Waals surface area (Å²) in [5.74, 6) is 1.45. The zero-order valence-corrected chi connectivity index (χ0v) is 10.3. The highest BCUT2D eigenvalue weighted by atomic mass is 127. The van der Waals surface area contributed by atoms with Gasteiger partial charge in [-0.25, -0.2) is 0 Å². The first kappa shape index (κ1) is 10.4. The van der Waals surface area contributed by atoms with Gasteiger partial charge in [-0.05, 0) is 29.5 Å². The van der Waals surface area contributed by atoms with Crippen molar-refractivity contribution < 1.29 is 9.21 Å². The van der Waals surface area contributed by atoms with Crippen LogP contribution >= 0.6 is 22.6 Å². The normalized spacial score (nSPS) is 10.3. The molecule has 15 heavy (non-hydrogen) atoms. The van der Waals surface area contributed by atoms with Crippen LogP contribution in [0.25, 0.3) is 11.3 Å². The second-order valence-corrected chi connectivity index (χ2v) is 4.28. The molecule has 1 heterocycles. The third-order valence-electron chi connectivity index (χ3n) is 2.22. The van der Waals surface area contributed by atoms with Crippen molar-refractivity contribution in [2.24, 2.45) is 0 Å². The smallest absolute Gasteiger partial charge is 0.154 e. The topological polar surface area (TPSA) is 30.2 Å². The van der Waals surface area contributed by atoms with Gasteiger partial charge in [0.2, 0.25) is 0 Å². The molecule has 1 aromatic carbocycles. The van der Waals surface area contributed by atoms with Crippen LogP contribution in [0.2, 0.25) is 0 Å². The van der Waals surface area contributed by atoms with E-state index in [1.54, 1.807) is 6.92 Å². The minimum Gasteiger partial charge on any atom is -0.459 e. The fourth-order valence-corrected chi connectivity index (χ4v) is 2.37. The predicted molar refractivity (Wildman–Crippen MR) is 67.0 cm³/mol. The summed E-state index contributed by atoms with van der Waals surface area (Å²) < 4.78 is 6.46. The van der Waals surface area contributed by atoms with Crippen LogP contribution in [0.1, 0.15) is 16.1 Å². The molecule has 0 saturated heterocycles. The van der Waals surface area contributed by atoms with Crippen molar-refractivity contribution in [3.63, 3.8) is 0 Å². The van der Waals surface area contributed by atoms with Crippen LogP contribution in [-0.2, 0) is 0 Å². The quantitative estimate of drug-likeness (QED) is 0.625. The van der Waals surface area contributed by atoms with Gasteiger partial charge >= 0.3 is 0 Å². The van der Waals surface area contributed by atoms with E-state index < -0.39 is 0 Å². The number of hydrogen-bond donors (Lipinski definition) is 0. The molecule has 2 rings (SSSR count). The van der Waals surface area contributed by atoms with E-state index in [4.69, 9.17) is 4.42 Å². The molecule has 0 aliphatic rings. The molecular weight excluding hydrogens is 303 g/mol. The lowest BCUT2D eigenvalue weighted by Gasteiger charge is -1.96. The standard InChI is InChI=1S/C12H9IO2/c1-8-10(7-14)11(13)12(15-8)9-5-3-2-4-6-9/h2-7H,1H3. The Bertz CT molecular complexity index is 486. The van der Waals surface area contributed by atoms with Gasteiger partial charge in [0.15, 0.2) is 6.29 Å². The lowest BCUT2D eigenvalue weighted by molar-refractivity contribution is 0.112. The van der Waals surface area contributed by atoms with Gasteiger partial charge in [-0.1, -0.05) is 30.3 Å². The molecule has 0 N–H and O–H groups in total. The lowest BCUT2D eigenvalue weighted by Crippen LogP contribution is -1.82. The second kappa shape index (κ2) is 4.18. The van der Waals surface area contributed by atoms with Crippen LogP contribution in [0.5, 0.6) is 0 Å². The molecule has 0 amide bonds. The van der Waals surface area contributed by atoms with Crippen LogP contribution in [0.15, 0.2) is 34.7 Å².